The Bertz CT molecular complexity index is 1390. The summed E-state index contributed by atoms with van der Waals surface area (Å²) in [6.45, 7) is 5.00. The van der Waals surface area contributed by atoms with Crippen LogP contribution in [0.3, 0.4) is 0 Å². The number of aromatic nitrogens is 1. The molecule has 0 radical (unpaired) electrons. The first kappa shape index (κ1) is 22.7. The van der Waals surface area contributed by atoms with Crippen LogP contribution in [0.1, 0.15) is 46.4 Å². The maximum atomic E-state index is 13.1. The number of pyridine rings is 1. The van der Waals surface area contributed by atoms with Crippen molar-refractivity contribution in [1.29, 1.82) is 0 Å². The van der Waals surface area contributed by atoms with Crippen LogP contribution in [-0.2, 0) is 22.7 Å². The van der Waals surface area contributed by atoms with E-state index in [9.17, 15) is 14.4 Å². The molecule has 0 saturated carbocycles. The van der Waals surface area contributed by atoms with Crippen molar-refractivity contribution in [3.63, 3.8) is 0 Å². The molecule has 0 aliphatic carbocycles. The number of hydrogen-bond acceptors (Lipinski definition) is 6. The van der Waals surface area contributed by atoms with E-state index in [1.165, 1.54) is 5.56 Å². The van der Waals surface area contributed by atoms with E-state index in [2.05, 4.69) is 29.3 Å². The molecule has 3 amide bonds. The summed E-state index contributed by atoms with van der Waals surface area (Å²) in [6.07, 6.45) is 1.56. The Labute approximate surface area is 209 Å². The number of carbonyl (C=O) groups is 3. The first-order valence-corrected chi connectivity index (χ1v) is 12.5. The first-order valence-electron chi connectivity index (χ1n) is 12.5. The lowest BCUT2D eigenvalue weighted by Crippen LogP contribution is -2.52. The van der Waals surface area contributed by atoms with Crippen LogP contribution in [-0.4, -0.2) is 57.7 Å². The van der Waals surface area contributed by atoms with E-state index in [1.54, 1.807) is 11.0 Å². The predicted octanol–water partition coefficient (Wildman–Crippen LogP) is 2.96. The van der Waals surface area contributed by atoms with Crippen molar-refractivity contribution in [2.24, 2.45) is 0 Å². The number of nitrogens with one attached hydrogen (secondary N) is 1. The third-order valence-corrected chi connectivity index (χ3v) is 7.44. The topological polar surface area (TPSA) is 91.8 Å². The fourth-order valence-corrected chi connectivity index (χ4v) is 5.49. The molecule has 3 aliphatic heterocycles. The van der Waals surface area contributed by atoms with Gasteiger partial charge in [0.15, 0.2) is 0 Å². The van der Waals surface area contributed by atoms with Gasteiger partial charge in [-0.3, -0.25) is 29.6 Å². The third-order valence-electron chi connectivity index (χ3n) is 7.44. The second kappa shape index (κ2) is 9.02. The number of ether oxygens (including phenoxy) is 1. The molecular formula is C28H28N4O4. The molecule has 1 aromatic heterocycles. The molecular weight excluding hydrogens is 456 g/mol. The summed E-state index contributed by atoms with van der Waals surface area (Å²) in [6, 6.07) is 15.4. The normalized spacial score (nSPS) is 22.2. The molecule has 3 aliphatic rings. The molecule has 8 nitrogen and oxygen atoms in total. The third kappa shape index (κ3) is 4.22. The summed E-state index contributed by atoms with van der Waals surface area (Å²) in [5, 5.41) is 3.49. The summed E-state index contributed by atoms with van der Waals surface area (Å²) in [5.74, 6) is -0.194. The number of benzene rings is 2. The fourth-order valence-electron chi connectivity index (χ4n) is 5.49. The van der Waals surface area contributed by atoms with Gasteiger partial charge < -0.3 is 9.64 Å². The molecule has 0 spiro atoms. The summed E-state index contributed by atoms with van der Waals surface area (Å²) >= 11 is 0. The van der Waals surface area contributed by atoms with Crippen LogP contribution in [0.25, 0.3) is 10.9 Å². The quantitative estimate of drug-likeness (QED) is 0.560. The van der Waals surface area contributed by atoms with Gasteiger partial charge in [-0.25, -0.2) is 0 Å². The number of likely N-dealkylation sites (tertiary alicyclic amines) is 1. The van der Waals surface area contributed by atoms with Gasteiger partial charge in [0.2, 0.25) is 11.8 Å². The molecule has 36 heavy (non-hydrogen) atoms. The number of fused-ring (bicyclic) bond motifs is 2. The number of rotatable bonds is 5. The average Bonchev–Trinajstić information content (AvgIpc) is 3.43. The molecule has 184 valence electrons. The molecule has 3 aromatic rings. The lowest BCUT2D eigenvalue weighted by Gasteiger charge is -2.29. The largest absolute Gasteiger partial charge is 0.489 e. The molecule has 6 rings (SSSR count). The number of imide groups is 1. The number of hydrogen-bond donors (Lipinski definition) is 1. The number of piperidine rings is 1. The van der Waals surface area contributed by atoms with Crippen molar-refractivity contribution in [2.45, 2.75) is 51.4 Å². The molecule has 4 heterocycles. The Kier molecular flexibility index (Phi) is 5.68. The Morgan fingerprint density at radius 1 is 1.08 bits per heavy atom. The first-order chi connectivity index (χ1) is 17.4. The van der Waals surface area contributed by atoms with Crippen molar-refractivity contribution >= 4 is 28.6 Å². The highest BCUT2D eigenvalue weighted by Gasteiger charge is 2.39. The van der Waals surface area contributed by atoms with Gasteiger partial charge in [-0.05, 0) is 55.2 Å². The van der Waals surface area contributed by atoms with Crippen LogP contribution in [0, 0.1) is 6.92 Å². The Hall–Kier alpha value is -3.78. The molecule has 8 heteroatoms. The Morgan fingerprint density at radius 2 is 1.94 bits per heavy atom. The monoisotopic (exact) mass is 484 g/mol. The van der Waals surface area contributed by atoms with Gasteiger partial charge in [-0.15, -0.1) is 0 Å². The maximum absolute atomic E-state index is 13.1. The number of carbonyl (C=O) groups excluding carboxylic acids is 3. The maximum Gasteiger partial charge on any atom is 0.255 e. The van der Waals surface area contributed by atoms with Crippen LogP contribution >= 0.6 is 0 Å². The van der Waals surface area contributed by atoms with Gasteiger partial charge in [-0.2, -0.15) is 0 Å². The highest BCUT2D eigenvalue weighted by molar-refractivity contribution is 6.05. The molecule has 1 N–H and O–H groups in total. The molecule has 2 saturated heterocycles. The Balaban J connectivity index is 1.10. The SMILES string of the molecule is Cc1nc2ccccc2cc1CN1CCC(Oc2ccc3c(c2)C(=O)N(C2CCC(=O)NC2=O)C3)C1. The highest BCUT2D eigenvalue weighted by Crippen LogP contribution is 2.31. The zero-order chi connectivity index (χ0) is 24.8. The second-order valence-electron chi connectivity index (χ2n) is 9.91. The minimum atomic E-state index is -0.608. The van der Waals surface area contributed by atoms with E-state index >= 15 is 0 Å². The van der Waals surface area contributed by atoms with Gasteiger partial charge in [0.25, 0.3) is 5.91 Å². The van der Waals surface area contributed by atoms with E-state index in [0.29, 0.717) is 24.3 Å². The van der Waals surface area contributed by atoms with Crippen molar-refractivity contribution in [3.05, 3.63) is 70.9 Å². The van der Waals surface area contributed by atoms with Gasteiger partial charge in [0, 0.05) is 49.2 Å². The number of aryl methyl sites for hydroxylation is 1. The molecule has 2 unspecified atom stereocenters. The van der Waals surface area contributed by atoms with E-state index in [4.69, 9.17) is 9.72 Å². The van der Waals surface area contributed by atoms with E-state index in [-0.39, 0.29) is 24.3 Å². The van der Waals surface area contributed by atoms with Crippen LogP contribution in [0.5, 0.6) is 5.75 Å². The lowest BCUT2D eigenvalue weighted by atomic mass is 10.0. The molecule has 0 bridgehead atoms. The summed E-state index contributed by atoms with van der Waals surface area (Å²) in [4.78, 5) is 45.5. The average molecular weight is 485 g/mol. The van der Waals surface area contributed by atoms with Gasteiger partial charge in [0.1, 0.15) is 17.9 Å². The number of para-hydroxylation sites is 1. The van der Waals surface area contributed by atoms with Crippen LogP contribution in [0.15, 0.2) is 48.5 Å². The van der Waals surface area contributed by atoms with Crippen molar-refractivity contribution in [1.82, 2.24) is 20.1 Å². The molecule has 2 fully saturated rings. The van der Waals surface area contributed by atoms with Crippen LogP contribution in [0.2, 0.25) is 0 Å². The smallest absolute Gasteiger partial charge is 0.255 e. The summed E-state index contributed by atoms with van der Waals surface area (Å²) in [5.41, 5.74) is 4.75. The van der Waals surface area contributed by atoms with Crippen molar-refractivity contribution in [3.8, 4) is 5.75 Å². The predicted molar refractivity (Wildman–Crippen MR) is 133 cm³/mol. The molecule has 2 atom stereocenters. The molecule has 2 aromatic carbocycles. The highest BCUT2D eigenvalue weighted by atomic mass is 16.5. The van der Waals surface area contributed by atoms with Gasteiger partial charge >= 0.3 is 0 Å². The second-order valence-corrected chi connectivity index (χ2v) is 9.91. The van der Waals surface area contributed by atoms with E-state index in [0.717, 1.165) is 48.2 Å². The Morgan fingerprint density at radius 3 is 2.81 bits per heavy atom. The van der Waals surface area contributed by atoms with Crippen LogP contribution < -0.4 is 10.1 Å². The van der Waals surface area contributed by atoms with Gasteiger partial charge in [-0.1, -0.05) is 24.3 Å². The van der Waals surface area contributed by atoms with E-state index < -0.39 is 11.9 Å². The standard InChI is InChI=1S/C28H28N4O4/c1-17-20(12-18-4-2-3-5-24(18)29-17)14-31-11-10-22(16-31)36-21-7-6-19-15-32(28(35)23(19)13-21)25-8-9-26(33)30-27(25)34/h2-7,12-13,22,25H,8-11,14-16H2,1H3,(H,30,33,34). The fraction of sp³-hybridized carbons (Fsp3) is 0.357. The van der Waals surface area contributed by atoms with Gasteiger partial charge in [0.05, 0.1) is 5.52 Å². The summed E-state index contributed by atoms with van der Waals surface area (Å²) in [7, 11) is 0. The number of amides is 3. The zero-order valence-corrected chi connectivity index (χ0v) is 20.2. The van der Waals surface area contributed by atoms with Crippen molar-refractivity contribution in [2.75, 3.05) is 13.1 Å². The van der Waals surface area contributed by atoms with Crippen molar-refractivity contribution < 1.29 is 19.1 Å². The zero-order valence-electron chi connectivity index (χ0n) is 20.2. The minimum Gasteiger partial charge on any atom is -0.489 e. The lowest BCUT2D eigenvalue weighted by molar-refractivity contribution is -0.136. The van der Waals surface area contributed by atoms with E-state index in [1.807, 2.05) is 30.3 Å². The van der Waals surface area contributed by atoms with Crippen LogP contribution in [0.4, 0.5) is 0 Å². The number of nitrogens with zero attached hydrogens (tertiary/aromatic N) is 3. The minimum absolute atomic E-state index is 0.0412. The summed E-state index contributed by atoms with van der Waals surface area (Å²) < 4.78 is 6.28.